The topological polar surface area (TPSA) is 128 Å². The van der Waals surface area contributed by atoms with Gasteiger partial charge in [0.15, 0.2) is 11.5 Å². The standard InChI is InChI=1S/C32H49NO8/c1-7-23(6)33-32(31(37)38,41-30(36)25-11-9-8-10-12-25)20-24-15-16-26(39-28(34)17-13-21(2)3)27(19-24)40-29(35)18-14-22(4)5/h15-16,19,21-23,25,33H,7-14,17-18,20H2,1-6H3,(H,37,38)/t23?,32-/m0/s1. The second-order valence-corrected chi connectivity index (χ2v) is 12.1. The molecule has 9 heteroatoms. The summed E-state index contributed by atoms with van der Waals surface area (Å²) in [6, 6.07) is 4.32. The molecule has 1 fully saturated rings. The first-order valence-electron chi connectivity index (χ1n) is 15.1. The van der Waals surface area contributed by atoms with Gasteiger partial charge in [0.25, 0.3) is 5.72 Å². The summed E-state index contributed by atoms with van der Waals surface area (Å²) >= 11 is 0. The Morgan fingerprint density at radius 2 is 1.46 bits per heavy atom. The Kier molecular flexibility index (Phi) is 13.8. The van der Waals surface area contributed by atoms with Gasteiger partial charge in [0, 0.05) is 25.3 Å². The van der Waals surface area contributed by atoms with E-state index in [1.165, 1.54) is 12.1 Å². The number of nitrogens with one attached hydrogen (secondary N) is 1. The largest absolute Gasteiger partial charge is 0.477 e. The molecule has 0 aliphatic heterocycles. The highest BCUT2D eigenvalue weighted by atomic mass is 16.6. The van der Waals surface area contributed by atoms with Gasteiger partial charge in [-0.25, -0.2) is 4.79 Å². The van der Waals surface area contributed by atoms with Gasteiger partial charge in [0.1, 0.15) is 0 Å². The summed E-state index contributed by atoms with van der Waals surface area (Å²) in [7, 11) is 0. The minimum Gasteiger partial charge on any atom is -0.477 e. The monoisotopic (exact) mass is 575 g/mol. The minimum atomic E-state index is -2.03. The lowest BCUT2D eigenvalue weighted by Crippen LogP contribution is -2.60. The van der Waals surface area contributed by atoms with Crippen LogP contribution in [0, 0.1) is 17.8 Å². The lowest BCUT2D eigenvalue weighted by Gasteiger charge is -2.35. The lowest BCUT2D eigenvalue weighted by molar-refractivity contribution is -0.188. The van der Waals surface area contributed by atoms with Crippen LogP contribution in [-0.2, 0) is 30.3 Å². The number of carbonyl (C=O) groups is 4. The molecule has 1 unspecified atom stereocenters. The molecule has 41 heavy (non-hydrogen) atoms. The van der Waals surface area contributed by atoms with Crippen molar-refractivity contribution in [3.63, 3.8) is 0 Å². The molecule has 1 aliphatic carbocycles. The molecule has 2 rings (SSSR count). The van der Waals surface area contributed by atoms with Crippen LogP contribution in [0.1, 0.15) is 111 Å². The quantitative estimate of drug-likeness (QED) is 0.134. The summed E-state index contributed by atoms with van der Waals surface area (Å²) in [6.45, 7) is 11.7. The average molecular weight is 576 g/mol. The fourth-order valence-electron chi connectivity index (χ4n) is 4.67. The van der Waals surface area contributed by atoms with Crippen LogP contribution in [0.5, 0.6) is 11.5 Å². The van der Waals surface area contributed by atoms with Crippen molar-refractivity contribution in [2.45, 2.75) is 124 Å². The number of carbonyl (C=O) groups excluding carboxylic acids is 3. The molecule has 2 N–H and O–H groups in total. The summed E-state index contributed by atoms with van der Waals surface area (Å²) in [6.07, 6.45) is 6.25. The smallest absolute Gasteiger partial charge is 0.364 e. The number of carboxylic acids is 1. The van der Waals surface area contributed by atoms with Gasteiger partial charge in [-0.2, -0.15) is 0 Å². The normalized spacial score (nSPS) is 16.2. The van der Waals surface area contributed by atoms with Crippen molar-refractivity contribution in [2.24, 2.45) is 17.8 Å². The van der Waals surface area contributed by atoms with Crippen LogP contribution in [0.3, 0.4) is 0 Å². The van der Waals surface area contributed by atoms with Crippen molar-refractivity contribution in [1.82, 2.24) is 5.32 Å². The Morgan fingerprint density at radius 1 is 0.902 bits per heavy atom. The van der Waals surface area contributed by atoms with Gasteiger partial charge in [0.05, 0.1) is 5.92 Å². The first-order chi connectivity index (χ1) is 19.3. The Bertz CT molecular complexity index is 1030. The van der Waals surface area contributed by atoms with Crippen LogP contribution in [-0.4, -0.2) is 40.8 Å². The predicted molar refractivity (Wildman–Crippen MR) is 155 cm³/mol. The molecule has 0 heterocycles. The number of ether oxygens (including phenoxy) is 3. The molecule has 0 radical (unpaired) electrons. The molecule has 230 valence electrons. The van der Waals surface area contributed by atoms with Crippen molar-refractivity contribution >= 4 is 23.9 Å². The molecule has 0 spiro atoms. The summed E-state index contributed by atoms with van der Waals surface area (Å²) in [5, 5.41) is 13.4. The van der Waals surface area contributed by atoms with E-state index < -0.39 is 29.6 Å². The van der Waals surface area contributed by atoms with Gasteiger partial charge in [0.2, 0.25) is 0 Å². The second kappa shape index (κ2) is 16.5. The molecule has 2 atom stereocenters. The summed E-state index contributed by atoms with van der Waals surface area (Å²) in [5.74, 6) is -2.41. The number of esters is 3. The highest BCUT2D eigenvalue weighted by Crippen LogP contribution is 2.33. The van der Waals surface area contributed by atoms with Gasteiger partial charge in [-0.3, -0.25) is 19.7 Å². The van der Waals surface area contributed by atoms with Gasteiger partial charge >= 0.3 is 23.9 Å². The van der Waals surface area contributed by atoms with Crippen molar-refractivity contribution in [3.8, 4) is 11.5 Å². The van der Waals surface area contributed by atoms with Crippen LogP contribution in [0.4, 0.5) is 0 Å². The number of benzene rings is 1. The number of aliphatic carboxylic acids is 1. The maximum atomic E-state index is 13.1. The van der Waals surface area contributed by atoms with Gasteiger partial charge in [-0.15, -0.1) is 0 Å². The molecule has 0 bridgehead atoms. The average Bonchev–Trinajstić information content (AvgIpc) is 2.92. The van der Waals surface area contributed by atoms with Crippen molar-refractivity contribution in [2.75, 3.05) is 0 Å². The molecular formula is C32H49NO8. The SMILES string of the molecule is CCC(C)N[C@@](Cc1ccc(OC(=O)CCC(C)C)c(OC(=O)CCC(C)C)c1)(OC(=O)C1CCCCC1)C(=O)O. The fourth-order valence-corrected chi connectivity index (χ4v) is 4.67. The number of hydrogen-bond donors (Lipinski definition) is 2. The highest BCUT2D eigenvalue weighted by molar-refractivity contribution is 5.83. The van der Waals surface area contributed by atoms with Gasteiger partial charge in [-0.1, -0.05) is 59.9 Å². The van der Waals surface area contributed by atoms with Crippen LogP contribution in [0.2, 0.25) is 0 Å². The zero-order valence-corrected chi connectivity index (χ0v) is 25.6. The number of hydrogen-bond acceptors (Lipinski definition) is 8. The van der Waals surface area contributed by atoms with E-state index in [-0.39, 0.29) is 42.7 Å². The van der Waals surface area contributed by atoms with Crippen LogP contribution < -0.4 is 14.8 Å². The van der Waals surface area contributed by atoms with E-state index in [9.17, 15) is 24.3 Å². The van der Waals surface area contributed by atoms with E-state index in [0.717, 1.165) is 19.3 Å². The molecule has 0 saturated heterocycles. The highest BCUT2D eigenvalue weighted by Gasteiger charge is 2.45. The van der Waals surface area contributed by atoms with Crippen molar-refractivity contribution < 1.29 is 38.5 Å². The third-order valence-electron chi connectivity index (χ3n) is 7.41. The summed E-state index contributed by atoms with van der Waals surface area (Å²) in [4.78, 5) is 51.0. The third kappa shape index (κ3) is 11.5. The van der Waals surface area contributed by atoms with Crippen molar-refractivity contribution in [3.05, 3.63) is 23.8 Å². The first kappa shape index (κ1) is 34.3. The van der Waals surface area contributed by atoms with Gasteiger partial charge in [-0.05, 0) is 68.6 Å². The Balaban J connectivity index is 2.41. The van der Waals surface area contributed by atoms with Crippen molar-refractivity contribution in [1.29, 1.82) is 0 Å². The number of rotatable bonds is 16. The first-order valence-corrected chi connectivity index (χ1v) is 15.1. The summed E-state index contributed by atoms with van der Waals surface area (Å²) < 4.78 is 17.0. The van der Waals surface area contributed by atoms with Crippen LogP contribution in [0.15, 0.2) is 18.2 Å². The Labute approximate surface area is 244 Å². The zero-order valence-electron chi connectivity index (χ0n) is 25.6. The molecule has 1 aliphatic rings. The lowest BCUT2D eigenvalue weighted by atomic mass is 9.89. The van der Waals surface area contributed by atoms with Crippen LogP contribution >= 0.6 is 0 Å². The maximum absolute atomic E-state index is 13.1. The third-order valence-corrected chi connectivity index (χ3v) is 7.41. The predicted octanol–water partition coefficient (Wildman–Crippen LogP) is 6.20. The molecule has 0 amide bonds. The maximum Gasteiger partial charge on any atom is 0.364 e. The Hall–Kier alpha value is -2.94. The van der Waals surface area contributed by atoms with Crippen LogP contribution in [0.25, 0.3) is 0 Å². The van der Waals surface area contributed by atoms with E-state index in [1.54, 1.807) is 6.07 Å². The summed E-state index contributed by atoms with van der Waals surface area (Å²) in [5.41, 5.74) is -1.59. The molecular weight excluding hydrogens is 526 g/mol. The number of carboxylic acid groups (broad SMARTS) is 1. The van der Waals surface area contributed by atoms with E-state index >= 15 is 0 Å². The molecule has 1 aromatic rings. The van der Waals surface area contributed by atoms with E-state index in [1.807, 2.05) is 41.5 Å². The molecule has 9 nitrogen and oxygen atoms in total. The second-order valence-electron chi connectivity index (χ2n) is 12.1. The molecule has 0 aromatic heterocycles. The Morgan fingerprint density at radius 3 is 1.98 bits per heavy atom. The molecule has 1 aromatic carbocycles. The van der Waals surface area contributed by atoms with Gasteiger partial charge < -0.3 is 19.3 Å². The zero-order chi connectivity index (χ0) is 30.6. The van der Waals surface area contributed by atoms with E-state index in [2.05, 4.69) is 5.32 Å². The van der Waals surface area contributed by atoms with E-state index in [0.29, 0.717) is 49.5 Å². The fraction of sp³-hybridized carbons (Fsp3) is 0.688. The molecule has 1 saturated carbocycles. The minimum absolute atomic E-state index is 0.0237. The van der Waals surface area contributed by atoms with E-state index in [4.69, 9.17) is 14.2 Å².